The number of rotatable bonds is 3. The molecule has 0 bridgehead atoms. The van der Waals surface area contributed by atoms with E-state index < -0.39 is 5.37 Å². The number of amides is 1. The second-order valence-corrected chi connectivity index (χ2v) is 4.22. The van der Waals surface area contributed by atoms with Gasteiger partial charge in [0.1, 0.15) is 5.75 Å². The maximum absolute atomic E-state index is 11.1. The van der Waals surface area contributed by atoms with Crippen LogP contribution in [0.4, 0.5) is 10.5 Å². The Kier molecular flexibility index (Phi) is 4.19. The van der Waals surface area contributed by atoms with Gasteiger partial charge >= 0.3 is 5.37 Å². The first-order valence-corrected chi connectivity index (χ1v) is 5.46. The zero-order valence-electron chi connectivity index (χ0n) is 9.95. The highest BCUT2D eigenvalue weighted by molar-refractivity contribution is 6.66. The summed E-state index contributed by atoms with van der Waals surface area (Å²) in [5, 5.41) is -0.532. The molecule has 0 aliphatic heterocycles. The summed E-state index contributed by atoms with van der Waals surface area (Å²) in [5.74, 6) is 1.07. The topological polar surface area (TPSA) is 29.5 Å². The molecule has 0 heterocycles. The van der Waals surface area contributed by atoms with E-state index in [9.17, 15) is 4.79 Å². The van der Waals surface area contributed by atoms with Crippen LogP contribution >= 0.6 is 11.6 Å². The van der Waals surface area contributed by atoms with Gasteiger partial charge < -0.3 is 4.74 Å². The maximum atomic E-state index is 11.1. The molecule has 1 rings (SSSR count). The average molecular weight is 242 g/mol. The van der Waals surface area contributed by atoms with Gasteiger partial charge in [-0.15, -0.1) is 0 Å². The number of nitrogens with zero attached hydrogens (tertiary/aromatic N) is 1. The van der Waals surface area contributed by atoms with Crippen LogP contribution < -0.4 is 9.64 Å². The molecular formula is C12H16ClNO2. The second kappa shape index (κ2) is 5.21. The summed E-state index contributed by atoms with van der Waals surface area (Å²) in [6, 6.07) is 5.74. The molecular weight excluding hydrogens is 226 g/mol. The van der Waals surface area contributed by atoms with E-state index >= 15 is 0 Å². The third kappa shape index (κ3) is 2.67. The molecule has 0 spiro atoms. The molecule has 0 saturated heterocycles. The van der Waals surface area contributed by atoms with Crippen molar-refractivity contribution in [2.24, 2.45) is 0 Å². The van der Waals surface area contributed by atoms with Crippen molar-refractivity contribution in [3.63, 3.8) is 0 Å². The minimum Gasteiger partial charge on any atom is -0.495 e. The number of carbonyl (C=O) groups excluding carboxylic acids is 1. The summed E-state index contributed by atoms with van der Waals surface area (Å²) < 4.78 is 5.25. The Morgan fingerprint density at radius 1 is 1.44 bits per heavy atom. The Bertz CT molecular complexity index is 391. The highest BCUT2D eigenvalue weighted by Gasteiger charge is 2.14. The van der Waals surface area contributed by atoms with Crippen molar-refractivity contribution < 1.29 is 9.53 Å². The van der Waals surface area contributed by atoms with E-state index in [-0.39, 0.29) is 0 Å². The quantitative estimate of drug-likeness (QED) is 0.598. The minimum absolute atomic E-state index is 0.417. The number of hydrogen-bond acceptors (Lipinski definition) is 2. The number of anilines is 1. The molecule has 0 aromatic heterocycles. The van der Waals surface area contributed by atoms with Crippen molar-refractivity contribution in [2.75, 3.05) is 19.1 Å². The molecule has 3 nitrogen and oxygen atoms in total. The summed E-state index contributed by atoms with van der Waals surface area (Å²) in [5.41, 5.74) is 1.84. The van der Waals surface area contributed by atoms with Gasteiger partial charge in [-0.25, -0.2) is 0 Å². The van der Waals surface area contributed by atoms with E-state index in [1.807, 2.05) is 18.2 Å². The summed E-state index contributed by atoms with van der Waals surface area (Å²) in [6.07, 6.45) is 0. The van der Waals surface area contributed by atoms with Crippen LogP contribution in [0.2, 0.25) is 0 Å². The van der Waals surface area contributed by atoms with Crippen molar-refractivity contribution >= 4 is 22.7 Å². The maximum Gasteiger partial charge on any atom is 0.320 e. The van der Waals surface area contributed by atoms with Crippen LogP contribution in [-0.2, 0) is 0 Å². The molecule has 0 atom stereocenters. The Morgan fingerprint density at radius 2 is 2.06 bits per heavy atom. The number of hydrogen-bond donors (Lipinski definition) is 0. The van der Waals surface area contributed by atoms with Gasteiger partial charge in [0, 0.05) is 7.05 Å². The van der Waals surface area contributed by atoms with Crippen LogP contribution in [0.25, 0.3) is 0 Å². The van der Waals surface area contributed by atoms with Gasteiger partial charge in [-0.1, -0.05) is 19.9 Å². The predicted octanol–water partition coefficient (Wildman–Crippen LogP) is 3.61. The van der Waals surface area contributed by atoms with Crippen LogP contribution in [0.5, 0.6) is 5.75 Å². The van der Waals surface area contributed by atoms with Crippen LogP contribution in [0.1, 0.15) is 25.3 Å². The third-order valence-electron chi connectivity index (χ3n) is 2.50. The Hall–Kier alpha value is -1.22. The lowest BCUT2D eigenvalue weighted by molar-refractivity contribution is 0.265. The normalized spacial score (nSPS) is 10.4. The van der Waals surface area contributed by atoms with Gasteiger partial charge in [0.05, 0.1) is 12.8 Å². The van der Waals surface area contributed by atoms with Crippen molar-refractivity contribution in [3.05, 3.63) is 23.8 Å². The van der Waals surface area contributed by atoms with E-state index in [0.29, 0.717) is 17.4 Å². The minimum atomic E-state index is -0.532. The smallest absolute Gasteiger partial charge is 0.320 e. The molecule has 88 valence electrons. The van der Waals surface area contributed by atoms with E-state index in [2.05, 4.69) is 13.8 Å². The van der Waals surface area contributed by atoms with Crippen molar-refractivity contribution in [1.82, 2.24) is 0 Å². The van der Waals surface area contributed by atoms with Crippen LogP contribution in [0.15, 0.2) is 18.2 Å². The zero-order chi connectivity index (χ0) is 12.3. The number of carbonyl (C=O) groups is 1. The molecule has 0 aliphatic carbocycles. The van der Waals surface area contributed by atoms with Gasteiger partial charge in [0.15, 0.2) is 0 Å². The third-order valence-corrected chi connectivity index (χ3v) is 2.75. The first-order chi connectivity index (χ1) is 7.47. The molecule has 1 aromatic rings. The average Bonchev–Trinajstić information content (AvgIpc) is 2.26. The molecule has 0 N–H and O–H groups in total. The van der Waals surface area contributed by atoms with Gasteiger partial charge in [0.25, 0.3) is 0 Å². The Morgan fingerprint density at radius 3 is 2.50 bits per heavy atom. The molecule has 16 heavy (non-hydrogen) atoms. The zero-order valence-corrected chi connectivity index (χ0v) is 10.7. The van der Waals surface area contributed by atoms with E-state index in [1.165, 1.54) is 4.90 Å². The SMILES string of the molecule is COc1cc(C(C)C)ccc1N(C)C(=O)Cl. The molecule has 1 amide bonds. The molecule has 4 heteroatoms. The Balaban J connectivity index is 3.16. The number of benzene rings is 1. The molecule has 0 unspecified atom stereocenters. The fraction of sp³-hybridized carbons (Fsp3) is 0.417. The molecule has 0 fully saturated rings. The summed E-state index contributed by atoms with van der Waals surface area (Å²) in [7, 11) is 3.19. The summed E-state index contributed by atoms with van der Waals surface area (Å²) in [4.78, 5) is 12.4. The summed E-state index contributed by atoms with van der Waals surface area (Å²) in [6.45, 7) is 4.20. The van der Waals surface area contributed by atoms with Crippen molar-refractivity contribution in [1.29, 1.82) is 0 Å². The fourth-order valence-corrected chi connectivity index (χ4v) is 1.52. The lowest BCUT2D eigenvalue weighted by Gasteiger charge is -2.18. The monoisotopic (exact) mass is 241 g/mol. The first kappa shape index (κ1) is 12.8. The van der Waals surface area contributed by atoms with Crippen LogP contribution in [0.3, 0.4) is 0 Å². The van der Waals surface area contributed by atoms with Gasteiger partial charge in [-0.2, -0.15) is 0 Å². The molecule has 0 aliphatic rings. The Labute approximate surface area is 101 Å². The first-order valence-electron chi connectivity index (χ1n) is 5.08. The van der Waals surface area contributed by atoms with Crippen LogP contribution in [-0.4, -0.2) is 19.5 Å². The lowest BCUT2D eigenvalue weighted by atomic mass is 10.0. The molecule has 0 radical (unpaired) electrons. The van der Waals surface area contributed by atoms with E-state index in [4.69, 9.17) is 16.3 Å². The van der Waals surface area contributed by atoms with Crippen molar-refractivity contribution in [3.8, 4) is 5.75 Å². The van der Waals surface area contributed by atoms with Gasteiger partial charge in [-0.05, 0) is 35.2 Å². The number of halogens is 1. The van der Waals surface area contributed by atoms with E-state index in [1.54, 1.807) is 14.2 Å². The van der Waals surface area contributed by atoms with Crippen molar-refractivity contribution in [2.45, 2.75) is 19.8 Å². The van der Waals surface area contributed by atoms with Gasteiger partial charge in [-0.3, -0.25) is 9.69 Å². The predicted molar refractivity (Wildman–Crippen MR) is 66.7 cm³/mol. The number of ether oxygens (including phenoxy) is 1. The van der Waals surface area contributed by atoms with Crippen LogP contribution in [0, 0.1) is 0 Å². The largest absolute Gasteiger partial charge is 0.495 e. The summed E-state index contributed by atoms with van der Waals surface area (Å²) >= 11 is 5.43. The molecule has 1 aromatic carbocycles. The number of methoxy groups -OCH3 is 1. The highest BCUT2D eigenvalue weighted by Crippen LogP contribution is 2.31. The second-order valence-electron chi connectivity index (χ2n) is 3.90. The highest BCUT2D eigenvalue weighted by atomic mass is 35.5. The lowest BCUT2D eigenvalue weighted by Crippen LogP contribution is -2.20. The standard InChI is InChI=1S/C12H16ClNO2/c1-8(2)9-5-6-10(11(7-9)16-4)14(3)12(13)15/h5-8H,1-4H3. The van der Waals surface area contributed by atoms with E-state index in [0.717, 1.165) is 5.56 Å². The molecule has 0 saturated carbocycles. The van der Waals surface area contributed by atoms with Gasteiger partial charge in [0.2, 0.25) is 0 Å². The fourth-order valence-electron chi connectivity index (χ4n) is 1.43.